The van der Waals surface area contributed by atoms with Crippen LogP contribution in [0.25, 0.3) is 0 Å². The smallest absolute Gasteiger partial charge is 0.257 e. The van der Waals surface area contributed by atoms with Crippen molar-refractivity contribution in [2.45, 2.75) is 63.8 Å². The lowest BCUT2D eigenvalue weighted by atomic mass is 9.44. The first kappa shape index (κ1) is 27.3. The third kappa shape index (κ3) is 3.50. The molecule has 1 aromatic heterocycles. The van der Waals surface area contributed by atoms with Gasteiger partial charge in [0, 0.05) is 27.7 Å². The molecule has 9 heteroatoms. The van der Waals surface area contributed by atoms with E-state index in [4.69, 9.17) is 4.74 Å². The first-order chi connectivity index (χ1) is 18.9. The molecule has 3 saturated carbocycles. The van der Waals surface area contributed by atoms with E-state index >= 15 is 4.39 Å². The van der Waals surface area contributed by atoms with E-state index < -0.39 is 34.1 Å². The van der Waals surface area contributed by atoms with Crippen molar-refractivity contribution in [1.82, 2.24) is 4.98 Å². The highest BCUT2D eigenvalue weighted by Gasteiger charge is 2.74. The monoisotopic (exact) mass is 566 g/mol. The second-order valence-corrected chi connectivity index (χ2v) is 13.2. The fraction of sp³-hybridized carbons (Fsp3) is 0.516. The van der Waals surface area contributed by atoms with Crippen LogP contribution in [0.2, 0.25) is 0 Å². The van der Waals surface area contributed by atoms with Crippen molar-refractivity contribution in [2.75, 3.05) is 12.4 Å². The van der Waals surface area contributed by atoms with E-state index in [0.717, 1.165) is 5.57 Å². The normalized spacial score (nSPS) is 40.1. The Bertz CT molecular complexity index is 1450. The second-order valence-electron chi connectivity index (χ2n) is 12.4. The van der Waals surface area contributed by atoms with Gasteiger partial charge in [-0.2, -0.15) is 0 Å². The lowest BCUT2D eigenvalue weighted by Gasteiger charge is -2.62. The molecule has 4 aliphatic carbocycles. The van der Waals surface area contributed by atoms with Crippen LogP contribution in [0, 0.1) is 28.6 Å². The summed E-state index contributed by atoms with van der Waals surface area (Å²) < 4.78 is 22.6. The summed E-state index contributed by atoms with van der Waals surface area (Å²) in [5.74, 6) is -0.884. The van der Waals surface area contributed by atoms with Gasteiger partial charge in [-0.15, -0.1) is 11.3 Å². The van der Waals surface area contributed by atoms with Gasteiger partial charge in [0.05, 0.1) is 18.9 Å². The molecule has 0 aliphatic heterocycles. The zero-order valence-electron chi connectivity index (χ0n) is 23.1. The highest BCUT2D eigenvalue weighted by Crippen LogP contribution is 2.72. The topological polar surface area (TPSA) is 109 Å². The number of carbonyl (C=O) groups is 2. The van der Waals surface area contributed by atoms with Crippen LogP contribution in [0.5, 0.6) is 5.75 Å². The van der Waals surface area contributed by atoms with E-state index in [1.807, 2.05) is 13.8 Å². The number of halogens is 1. The number of nitrogens with one attached hydrogen (secondary N) is 1. The van der Waals surface area contributed by atoms with E-state index in [1.54, 1.807) is 42.6 Å². The Kier molecular flexibility index (Phi) is 6.18. The predicted molar refractivity (Wildman–Crippen MR) is 150 cm³/mol. The number of rotatable bonds is 4. The van der Waals surface area contributed by atoms with Gasteiger partial charge in [-0.05, 0) is 74.8 Å². The molecule has 3 N–H and O–H groups in total. The van der Waals surface area contributed by atoms with E-state index in [-0.39, 0.29) is 29.9 Å². The minimum absolute atomic E-state index is 0.0548. The van der Waals surface area contributed by atoms with Gasteiger partial charge in [-0.25, -0.2) is 9.37 Å². The molecule has 4 aliphatic rings. The maximum Gasteiger partial charge on any atom is 0.257 e. The molecule has 0 spiro atoms. The number of alkyl halides is 1. The van der Waals surface area contributed by atoms with Crippen molar-refractivity contribution in [3.8, 4) is 5.75 Å². The third-order valence-electron chi connectivity index (χ3n) is 10.7. The van der Waals surface area contributed by atoms with Crippen LogP contribution in [0.1, 0.15) is 62.5 Å². The number of amides is 1. The van der Waals surface area contributed by atoms with Crippen molar-refractivity contribution in [3.05, 3.63) is 64.7 Å². The average Bonchev–Trinajstić information content (AvgIpc) is 3.47. The quantitative estimate of drug-likeness (QED) is 0.469. The van der Waals surface area contributed by atoms with E-state index in [2.05, 4.69) is 10.3 Å². The number of hydrogen-bond acceptors (Lipinski definition) is 7. The zero-order chi connectivity index (χ0) is 28.7. The van der Waals surface area contributed by atoms with Crippen molar-refractivity contribution >= 4 is 28.2 Å². The number of thiazole rings is 1. The summed E-state index contributed by atoms with van der Waals surface area (Å²) in [4.78, 5) is 29.6. The first-order valence-electron chi connectivity index (χ1n) is 13.8. The summed E-state index contributed by atoms with van der Waals surface area (Å²) in [5, 5.41) is 29.0. The van der Waals surface area contributed by atoms with E-state index in [0.29, 0.717) is 41.4 Å². The number of aliphatic hydroxyl groups is 2. The molecule has 6 rings (SSSR count). The Balaban J connectivity index is 1.32. The fourth-order valence-electron chi connectivity index (χ4n) is 8.53. The number of fused-ring (bicyclic) bond motifs is 5. The summed E-state index contributed by atoms with van der Waals surface area (Å²) >= 11 is 1.23. The van der Waals surface area contributed by atoms with Gasteiger partial charge in [0.1, 0.15) is 11.4 Å². The highest BCUT2D eigenvalue weighted by atomic mass is 32.1. The molecule has 3 fully saturated rings. The summed E-state index contributed by atoms with van der Waals surface area (Å²) in [6.07, 6.45) is 4.96. The molecule has 7 nitrogen and oxygen atoms in total. The number of aliphatic hydroxyl groups excluding tert-OH is 1. The second kappa shape index (κ2) is 9.06. The number of methoxy groups -OCH3 is 1. The van der Waals surface area contributed by atoms with Gasteiger partial charge in [-0.1, -0.05) is 31.6 Å². The van der Waals surface area contributed by atoms with Crippen molar-refractivity contribution in [3.63, 3.8) is 0 Å². The molecule has 8 unspecified atom stereocenters. The third-order valence-corrected chi connectivity index (χ3v) is 11.4. The maximum atomic E-state index is 17.4. The van der Waals surface area contributed by atoms with Crippen molar-refractivity contribution < 1.29 is 28.9 Å². The van der Waals surface area contributed by atoms with Gasteiger partial charge < -0.3 is 14.9 Å². The Morgan fingerprint density at radius 2 is 2.05 bits per heavy atom. The van der Waals surface area contributed by atoms with Gasteiger partial charge in [0.15, 0.2) is 16.6 Å². The van der Waals surface area contributed by atoms with Crippen LogP contribution in [0.15, 0.2) is 53.4 Å². The summed E-state index contributed by atoms with van der Waals surface area (Å²) in [7, 11) is 1.53. The number of benzene rings is 1. The van der Waals surface area contributed by atoms with Crippen LogP contribution in [0.4, 0.5) is 9.52 Å². The summed E-state index contributed by atoms with van der Waals surface area (Å²) in [5.41, 5.74) is -3.72. The van der Waals surface area contributed by atoms with Gasteiger partial charge in [-0.3, -0.25) is 14.9 Å². The molecule has 1 heterocycles. The molecular formula is C31H35FN2O5S. The molecule has 212 valence electrons. The summed E-state index contributed by atoms with van der Waals surface area (Å²) in [6.45, 7) is 5.70. The van der Waals surface area contributed by atoms with Crippen LogP contribution in [-0.4, -0.2) is 45.8 Å². The van der Waals surface area contributed by atoms with E-state index in [9.17, 15) is 19.8 Å². The van der Waals surface area contributed by atoms with E-state index in [1.165, 1.54) is 30.6 Å². The number of anilines is 1. The number of allylic oxidation sites excluding steroid dienone is 4. The number of carbonyl (C=O) groups excluding carboxylic acids is 2. The average molecular weight is 567 g/mol. The molecule has 40 heavy (non-hydrogen) atoms. The molecule has 2 aromatic rings. The predicted octanol–water partition coefficient (Wildman–Crippen LogP) is 5.21. The molecule has 0 bridgehead atoms. The number of hydrogen-bond donors (Lipinski definition) is 3. The minimum atomic E-state index is -1.96. The van der Waals surface area contributed by atoms with Gasteiger partial charge in [0.2, 0.25) is 0 Å². The first-order valence-corrected chi connectivity index (χ1v) is 14.7. The van der Waals surface area contributed by atoms with Crippen molar-refractivity contribution in [1.29, 1.82) is 0 Å². The molecule has 1 amide bonds. The SMILES string of the molecule is COc1cccc(C(=O)Nc2nc(C3(O)C(C)CC4C5CCC6=CC(=O)C=CC6(C)C5(F)C(O)CC43C)cs2)c1. The number of ether oxygens (including phenoxy) is 1. The van der Waals surface area contributed by atoms with Crippen LogP contribution in [0.3, 0.4) is 0 Å². The molecular weight excluding hydrogens is 531 g/mol. The Hall–Kier alpha value is -2.88. The number of ketones is 1. The Labute approximate surface area is 237 Å². The fourth-order valence-corrected chi connectivity index (χ4v) is 9.29. The lowest BCUT2D eigenvalue weighted by molar-refractivity contribution is -0.223. The molecule has 0 saturated heterocycles. The number of aromatic nitrogens is 1. The largest absolute Gasteiger partial charge is 0.497 e. The van der Waals surface area contributed by atoms with Crippen LogP contribution in [-0.2, 0) is 10.4 Å². The molecule has 1 aromatic carbocycles. The van der Waals surface area contributed by atoms with Gasteiger partial charge >= 0.3 is 0 Å². The summed E-state index contributed by atoms with van der Waals surface area (Å²) in [6, 6.07) is 6.80. The van der Waals surface area contributed by atoms with Crippen molar-refractivity contribution in [2.24, 2.45) is 28.6 Å². The Morgan fingerprint density at radius 1 is 1.27 bits per heavy atom. The number of nitrogens with zero attached hydrogens (tertiary/aromatic N) is 1. The van der Waals surface area contributed by atoms with Crippen LogP contribution >= 0.6 is 11.3 Å². The van der Waals surface area contributed by atoms with Gasteiger partial charge in [0.25, 0.3) is 5.91 Å². The zero-order valence-corrected chi connectivity index (χ0v) is 23.9. The minimum Gasteiger partial charge on any atom is -0.497 e. The lowest BCUT2D eigenvalue weighted by Crippen LogP contribution is -2.68. The van der Waals surface area contributed by atoms with Crippen LogP contribution < -0.4 is 10.1 Å². The Morgan fingerprint density at radius 3 is 2.80 bits per heavy atom. The molecule has 0 radical (unpaired) electrons. The standard InChI is InChI=1S/C31H35FN2O5S/c1-17-12-23-22-9-8-19-14-20(35)10-11-28(19,2)30(22,32)25(36)15-29(23,3)31(17,38)24-16-40-27(33-24)34-26(37)18-6-5-7-21(13-18)39-4/h5-7,10-11,13-14,16-17,22-23,25,36,38H,8-9,12,15H2,1-4H3,(H,33,34,37). The molecule has 8 atom stereocenters. The maximum absolute atomic E-state index is 17.4. The highest BCUT2D eigenvalue weighted by molar-refractivity contribution is 7.14.